The van der Waals surface area contributed by atoms with Crippen molar-refractivity contribution < 1.29 is 14.3 Å². The Morgan fingerprint density at radius 1 is 1.15 bits per heavy atom. The number of likely N-dealkylation sites (tertiary alicyclic amines) is 1. The largest absolute Gasteiger partial charge is 0.384 e. The molecule has 0 aromatic heterocycles. The van der Waals surface area contributed by atoms with Gasteiger partial charge in [0, 0.05) is 38.2 Å². The monoisotopic (exact) mass is 380 g/mol. The Labute approximate surface area is 163 Å². The molecule has 1 unspecified atom stereocenters. The summed E-state index contributed by atoms with van der Waals surface area (Å²) in [5, 5.41) is 9.70. The topological polar surface area (TPSA) is 82.7 Å². The molecular formula is C20H36N4O3. The number of urea groups is 1. The number of methoxy groups -OCH3 is 1. The van der Waals surface area contributed by atoms with Gasteiger partial charge in [-0.15, -0.1) is 0 Å². The molecule has 7 nitrogen and oxygen atoms in total. The summed E-state index contributed by atoms with van der Waals surface area (Å²) in [6.07, 6.45) is 8.36. The second-order valence-electron chi connectivity index (χ2n) is 8.62. The van der Waals surface area contributed by atoms with Crippen LogP contribution in [0, 0.1) is 11.3 Å². The lowest BCUT2D eigenvalue weighted by molar-refractivity contribution is -0.127. The van der Waals surface area contributed by atoms with Gasteiger partial charge >= 0.3 is 6.03 Å². The number of ether oxygens (including phenoxy) is 1. The first-order valence-corrected chi connectivity index (χ1v) is 10.6. The van der Waals surface area contributed by atoms with Crippen molar-refractivity contribution in [2.45, 2.75) is 57.4 Å². The van der Waals surface area contributed by atoms with Crippen LogP contribution in [-0.2, 0) is 9.53 Å². The van der Waals surface area contributed by atoms with Crippen molar-refractivity contribution in [2.24, 2.45) is 11.3 Å². The molecule has 1 aliphatic carbocycles. The van der Waals surface area contributed by atoms with Crippen LogP contribution in [0.3, 0.4) is 0 Å². The van der Waals surface area contributed by atoms with Crippen molar-refractivity contribution in [2.75, 3.05) is 46.4 Å². The molecule has 154 valence electrons. The Kier molecular flexibility index (Phi) is 7.35. The molecule has 3 amide bonds. The lowest BCUT2D eigenvalue weighted by Crippen LogP contribution is -2.52. The first kappa shape index (κ1) is 20.4. The van der Waals surface area contributed by atoms with Gasteiger partial charge in [0.1, 0.15) is 0 Å². The van der Waals surface area contributed by atoms with Crippen molar-refractivity contribution in [3.63, 3.8) is 0 Å². The third kappa shape index (κ3) is 5.57. The molecule has 0 radical (unpaired) electrons. The van der Waals surface area contributed by atoms with E-state index in [1.807, 2.05) is 4.90 Å². The maximum Gasteiger partial charge on any atom is 0.317 e. The fraction of sp³-hybridized carbons (Fsp3) is 0.900. The zero-order chi connectivity index (χ0) is 19.1. The quantitative estimate of drug-likeness (QED) is 0.652. The number of carbonyl (C=O) groups excluding carboxylic acids is 2. The molecule has 7 heteroatoms. The number of amides is 3. The minimum absolute atomic E-state index is 0.00797. The third-order valence-electron chi connectivity index (χ3n) is 6.51. The van der Waals surface area contributed by atoms with Crippen LogP contribution in [0.1, 0.15) is 51.4 Å². The van der Waals surface area contributed by atoms with Gasteiger partial charge in [0.05, 0.1) is 12.5 Å². The van der Waals surface area contributed by atoms with Crippen LogP contribution < -0.4 is 16.0 Å². The van der Waals surface area contributed by atoms with Gasteiger partial charge in [-0.05, 0) is 51.6 Å². The van der Waals surface area contributed by atoms with Crippen molar-refractivity contribution in [3.8, 4) is 0 Å². The molecule has 27 heavy (non-hydrogen) atoms. The number of nitrogens with zero attached hydrogens (tertiary/aromatic N) is 1. The maximum atomic E-state index is 12.8. The Balaban J connectivity index is 1.47. The highest BCUT2D eigenvalue weighted by Crippen LogP contribution is 2.28. The van der Waals surface area contributed by atoms with Gasteiger partial charge in [-0.3, -0.25) is 4.79 Å². The van der Waals surface area contributed by atoms with E-state index in [-0.39, 0.29) is 23.3 Å². The van der Waals surface area contributed by atoms with E-state index in [9.17, 15) is 9.59 Å². The van der Waals surface area contributed by atoms with Crippen molar-refractivity contribution in [3.05, 3.63) is 0 Å². The van der Waals surface area contributed by atoms with E-state index in [0.717, 1.165) is 58.2 Å². The van der Waals surface area contributed by atoms with E-state index >= 15 is 0 Å². The van der Waals surface area contributed by atoms with Crippen molar-refractivity contribution in [1.82, 2.24) is 20.9 Å². The van der Waals surface area contributed by atoms with Gasteiger partial charge in [0.2, 0.25) is 5.91 Å². The summed E-state index contributed by atoms with van der Waals surface area (Å²) >= 11 is 0. The van der Waals surface area contributed by atoms with Gasteiger partial charge < -0.3 is 25.6 Å². The van der Waals surface area contributed by atoms with Gasteiger partial charge in [-0.25, -0.2) is 4.79 Å². The van der Waals surface area contributed by atoms with Crippen LogP contribution in [0.25, 0.3) is 0 Å². The molecule has 2 aliphatic heterocycles. The number of piperidine rings is 2. The molecule has 2 saturated heterocycles. The Hall–Kier alpha value is -1.34. The summed E-state index contributed by atoms with van der Waals surface area (Å²) in [4.78, 5) is 27.1. The van der Waals surface area contributed by atoms with E-state index < -0.39 is 0 Å². The lowest BCUT2D eigenvalue weighted by Gasteiger charge is -2.38. The second kappa shape index (κ2) is 9.73. The zero-order valence-corrected chi connectivity index (χ0v) is 16.7. The molecule has 0 aromatic rings. The maximum absolute atomic E-state index is 12.8. The number of hydrogen-bond acceptors (Lipinski definition) is 4. The molecule has 3 N–H and O–H groups in total. The van der Waals surface area contributed by atoms with E-state index in [1.165, 1.54) is 12.8 Å². The second-order valence-corrected chi connectivity index (χ2v) is 8.62. The first-order chi connectivity index (χ1) is 13.1. The summed E-state index contributed by atoms with van der Waals surface area (Å²) in [5.41, 5.74) is 0.0316. The van der Waals surface area contributed by atoms with Gasteiger partial charge in [-0.2, -0.15) is 0 Å². The third-order valence-corrected chi connectivity index (χ3v) is 6.51. The SMILES string of the molecule is COCC1(CNC(=O)C2CCCN(C(=O)NC3CCCC3)C2)CCNCC1. The summed E-state index contributed by atoms with van der Waals surface area (Å²) in [5.74, 6) is -0.0169. The van der Waals surface area contributed by atoms with Crippen LogP contribution >= 0.6 is 0 Å². The van der Waals surface area contributed by atoms with Crippen LogP contribution in [0.15, 0.2) is 0 Å². The minimum atomic E-state index is -0.102. The highest BCUT2D eigenvalue weighted by atomic mass is 16.5. The van der Waals surface area contributed by atoms with Crippen molar-refractivity contribution in [1.29, 1.82) is 0 Å². The van der Waals surface area contributed by atoms with Crippen LogP contribution in [0.5, 0.6) is 0 Å². The fourth-order valence-electron chi connectivity index (χ4n) is 4.77. The smallest absolute Gasteiger partial charge is 0.317 e. The molecule has 1 saturated carbocycles. The number of rotatable bonds is 6. The summed E-state index contributed by atoms with van der Waals surface area (Å²) in [7, 11) is 1.73. The van der Waals surface area contributed by atoms with Crippen molar-refractivity contribution >= 4 is 11.9 Å². The average Bonchev–Trinajstić information content (AvgIpc) is 3.20. The number of carbonyl (C=O) groups is 2. The predicted molar refractivity (Wildman–Crippen MR) is 105 cm³/mol. The molecule has 0 spiro atoms. The van der Waals surface area contributed by atoms with Gasteiger partial charge in [-0.1, -0.05) is 12.8 Å². The predicted octanol–water partition coefficient (Wildman–Crippen LogP) is 1.48. The molecule has 3 fully saturated rings. The molecule has 3 aliphatic rings. The van der Waals surface area contributed by atoms with E-state index in [0.29, 0.717) is 25.7 Å². The van der Waals surface area contributed by atoms with Crippen LogP contribution in [0.4, 0.5) is 4.79 Å². The van der Waals surface area contributed by atoms with E-state index in [2.05, 4.69) is 16.0 Å². The average molecular weight is 381 g/mol. The Morgan fingerprint density at radius 2 is 1.89 bits per heavy atom. The molecule has 3 rings (SSSR count). The normalized spacial score (nSPS) is 26.0. The Morgan fingerprint density at radius 3 is 2.59 bits per heavy atom. The number of nitrogens with one attached hydrogen (secondary N) is 3. The highest BCUT2D eigenvalue weighted by Gasteiger charge is 2.34. The van der Waals surface area contributed by atoms with Gasteiger partial charge in [0.15, 0.2) is 0 Å². The van der Waals surface area contributed by atoms with Crippen LogP contribution in [0.2, 0.25) is 0 Å². The number of hydrogen-bond donors (Lipinski definition) is 3. The molecular weight excluding hydrogens is 344 g/mol. The highest BCUT2D eigenvalue weighted by molar-refractivity contribution is 5.81. The molecule has 2 heterocycles. The summed E-state index contributed by atoms with van der Waals surface area (Å²) in [6, 6.07) is 0.328. The summed E-state index contributed by atoms with van der Waals surface area (Å²) < 4.78 is 5.43. The van der Waals surface area contributed by atoms with Gasteiger partial charge in [0.25, 0.3) is 0 Å². The molecule has 0 bridgehead atoms. The zero-order valence-electron chi connectivity index (χ0n) is 16.7. The molecule has 1 atom stereocenters. The standard InChI is InChI=1S/C20H36N4O3/c1-27-15-20(8-10-21-11-9-20)14-22-18(25)16-5-4-12-24(13-16)19(26)23-17-6-2-3-7-17/h16-17,21H,2-15H2,1H3,(H,22,25)(H,23,26). The van der Waals surface area contributed by atoms with Crippen LogP contribution in [-0.4, -0.2) is 69.3 Å². The van der Waals surface area contributed by atoms with E-state index in [1.54, 1.807) is 7.11 Å². The molecule has 0 aromatic carbocycles. The minimum Gasteiger partial charge on any atom is -0.384 e. The van der Waals surface area contributed by atoms with E-state index in [4.69, 9.17) is 4.74 Å². The fourth-order valence-corrected chi connectivity index (χ4v) is 4.77. The first-order valence-electron chi connectivity index (χ1n) is 10.6. The summed E-state index contributed by atoms with van der Waals surface area (Å²) in [6.45, 7) is 4.56. The Bertz CT molecular complexity index is 496. The lowest BCUT2D eigenvalue weighted by atomic mass is 9.79.